The number of nitrogens with zero attached hydrogens (tertiary/aromatic N) is 2. The third-order valence-corrected chi connectivity index (χ3v) is 2.96. The summed E-state index contributed by atoms with van der Waals surface area (Å²) in [4.78, 5) is 0. The summed E-state index contributed by atoms with van der Waals surface area (Å²) in [5, 5.41) is 8.15. The summed E-state index contributed by atoms with van der Waals surface area (Å²) < 4.78 is 43.2. The number of rotatable bonds is 4. The predicted octanol–water partition coefficient (Wildman–Crippen LogP) is 2.42. The van der Waals surface area contributed by atoms with Gasteiger partial charge in [-0.3, -0.25) is 5.43 Å². The van der Waals surface area contributed by atoms with Crippen LogP contribution in [0, 0.1) is 0 Å². The second kappa shape index (κ2) is 5.41. The fraction of sp³-hybridized carbons (Fsp3) is 0.200. The molecule has 0 aliphatic heterocycles. The number of hydrogen-bond donors (Lipinski definition) is 2. The lowest BCUT2D eigenvalue weighted by Gasteiger charge is -2.12. The third kappa shape index (κ3) is 3.32. The summed E-state index contributed by atoms with van der Waals surface area (Å²) in [6.45, 7) is -0.105. The Hall–Kier alpha value is -1.87. The molecule has 0 amide bonds. The van der Waals surface area contributed by atoms with E-state index in [0.717, 1.165) is 17.4 Å². The van der Waals surface area contributed by atoms with Crippen LogP contribution in [0.1, 0.15) is 10.6 Å². The van der Waals surface area contributed by atoms with Gasteiger partial charge in [0.25, 0.3) is 0 Å². The van der Waals surface area contributed by atoms with Gasteiger partial charge in [-0.15, -0.1) is 10.2 Å². The van der Waals surface area contributed by atoms with Gasteiger partial charge in [0, 0.05) is 0 Å². The number of alkyl halides is 3. The molecule has 1 aromatic heterocycles. The van der Waals surface area contributed by atoms with Crippen molar-refractivity contribution in [3.8, 4) is 5.75 Å². The smallest absolute Gasteiger partial charge is 0.419 e. The van der Waals surface area contributed by atoms with Gasteiger partial charge in [0.2, 0.25) is 5.13 Å². The molecule has 19 heavy (non-hydrogen) atoms. The van der Waals surface area contributed by atoms with E-state index < -0.39 is 11.7 Å². The maximum Gasteiger partial charge on any atom is 0.419 e. The fourth-order valence-electron chi connectivity index (χ4n) is 1.34. The molecule has 0 radical (unpaired) electrons. The molecular weight excluding hydrogens is 281 g/mol. The molecule has 0 aliphatic rings. The summed E-state index contributed by atoms with van der Waals surface area (Å²) in [5.41, 5.74) is 1.47. The summed E-state index contributed by atoms with van der Waals surface area (Å²) in [6.07, 6.45) is -4.46. The lowest BCUT2D eigenvalue weighted by molar-refractivity contribution is -0.139. The second-order valence-electron chi connectivity index (χ2n) is 3.43. The number of anilines is 1. The van der Waals surface area contributed by atoms with Crippen LogP contribution in [-0.4, -0.2) is 10.2 Å². The van der Waals surface area contributed by atoms with E-state index in [0.29, 0.717) is 10.1 Å². The lowest BCUT2D eigenvalue weighted by atomic mass is 10.2. The molecule has 0 aliphatic carbocycles. The van der Waals surface area contributed by atoms with Crippen molar-refractivity contribution in [3.63, 3.8) is 0 Å². The fourth-order valence-corrected chi connectivity index (χ4v) is 1.90. The van der Waals surface area contributed by atoms with Crippen LogP contribution in [-0.2, 0) is 12.8 Å². The topological polar surface area (TPSA) is 73.1 Å². The normalized spacial score (nSPS) is 11.4. The Balaban J connectivity index is 2.11. The number of ether oxygens (including phenoxy) is 1. The second-order valence-corrected chi connectivity index (χ2v) is 4.49. The third-order valence-electron chi connectivity index (χ3n) is 2.13. The number of para-hydroxylation sites is 1. The monoisotopic (exact) mass is 290 g/mol. The van der Waals surface area contributed by atoms with E-state index in [1.54, 1.807) is 0 Å². The van der Waals surface area contributed by atoms with Crippen LogP contribution in [0.2, 0.25) is 0 Å². The highest BCUT2D eigenvalue weighted by atomic mass is 32.1. The summed E-state index contributed by atoms with van der Waals surface area (Å²) in [7, 11) is 0. The van der Waals surface area contributed by atoms with E-state index >= 15 is 0 Å². The van der Waals surface area contributed by atoms with Gasteiger partial charge in [-0.25, -0.2) is 5.84 Å². The standard InChI is InChI=1S/C10H9F3N4OS/c11-10(12,13)6-3-1-2-4-7(6)18-5-8-16-17-9(15-14)19-8/h1-4H,5,14H2,(H,15,17). The van der Waals surface area contributed by atoms with Crippen LogP contribution in [0.25, 0.3) is 0 Å². The highest BCUT2D eigenvalue weighted by molar-refractivity contribution is 7.15. The molecule has 0 bridgehead atoms. The zero-order valence-corrected chi connectivity index (χ0v) is 10.3. The Labute approximate surface area is 110 Å². The van der Waals surface area contributed by atoms with Crippen LogP contribution in [0.3, 0.4) is 0 Å². The van der Waals surface area contributed by atoms with Crippen molar-refractivity contribution in [2.45, 2.75) is 12.8 Å². The van der Waals surface area contributed by atoms with E-state index in [-0.39, 0.29) is 12.4 Å². The first-order valence-electron chi connectivity index (χ1n) is 5.08. The Morgan fingerprint density at radius 3 is 2.63 bits per heavy atom. The predicted molar refractivity (Wildman–Crippen MR) is 63.5 cm³/mol. The number of aromatic nitrogens is 2. The van der Waals surface area contributed by atoms with E-state index in [1.165, 1.54) is 18.2 Å². The van der Waals surface area contributed by atoms with Gasteiger partial charge >= 0.3 is 6.18 Å². The lowest BCUT2D eigenvalue weighted by Crippen LogP contribution is -2.08. The van der Waals surface area contributed by atoms with Gasteiger partial charge < -0.3 is 4.74 Å². The molecule has 0 atom stereocenters. The molecule has 0 spiro atoms. The van der Waals surface area contributed by atoms with Crippen LogP contribution >= 0.6 is 11.3 Å². The first-order valence-corrected chi connectivity index (χ1v) is 5.90. The van der Waals surface area contributed by atoms with Crippen molar-refractivity contribution >= 4 is 16.5 Å². The number of nitrogens with two attached hydrogens (primary N) is 1. The van der Waals surface area contributed by atoms with E-state index in [2.05, 4.69) is 15.6 Å². The van der Waals surface area contributed by atoms with Gasteiger partial charge in [0.05, 0.1) is 5.56 Å². The number of hydrogen-bond acceptors (Lipinski definition) is 6. The number of nitrogen functional groups attached to an aromatic ring is 1. The van der Waals surface area contributed by atoms with E-state index in [4.69, 9.17) is 10.6 Å². The Morgan fingerprint density at radius 1 is 1.26 bits per heavy atom. The Kier molecular flexibility index (Phi) is 3.86. The van der Waals surface area contributed by atoms with Crippen LogP contribution in [0.15, 0.2) is 24.3 Å². The van der Waals surface area contributed by atoms with Crippen molar-refractivity contribution in [1.82, 2.24) is 10.2 Å². The largest absolute Gasteiger partial charge is 0.486 e. The van der Waals surface area contributed by atoms with Crippen molar-refractivity contribution in [1.29, 1.82) is 0 Å². The molecular formula is C10H9F3N4OS. The van der Waals surface area contributed by atoms with E-state index in [1.807, 2.05) is 0 Å². The Bertz CT molecular complexity index is 558. The zero-order valence-electron chi connectivity index (χ0n) is 9.44. The maximum atomic E-state index is 12.7. The van der Waals surface area contributed by atoms with Gasteiger partial charge in [0.1, 0.15) is 12.4 Å². The van der Waals surface area contributed by atoms with Crippen LogP contribution in [0.4, 0.5) is 18.3 Å². The van der Waals surface area contributed by atoms with E-state index in [9.17, 15) is 13.2 Å². The van der Waals surface area contributed by atoms with Crippen molar-refractivity contribution < 1.29 is 17.9 Å². The molecule has 0 saturated heterocycles. The van der Waals surface area contributed by atoms with Gasteiger partial charge in [-0.1, -0.05) is 23.5 Å². The minimum Gasteiger partial charge on any atom is -0.486 e. The highest BCUT2D eigenvalue weighted by Gasteiger charge is 2.34. The summed E-state index contributed by atoms with van der Waals surface area (Å²) >= 11 is 1.10. The Morgan fingerprint density at radius 2 is 2.00 bits per heavy atom. The molecule has 0 fully saturated rings. The molecule has 9 heteroatoms. The summed E-state index contributed by atoms with van der Waals surface area (Å²) in [6, 6.07) is 4.99. The minimum absolute atomic E-state index is 0.105. The molecule has 3 N–H and O–H groups in total. The molecule has 2 rings (SSSR count). The van der Waals surface area contributed by atoms with Gasteiger partial charge in [-0.2, -0.15) is 13.2 Å². The van der Waals surface area contributed by atoms with Crippen LogP contribution < -0.4 is 16.0 Å². The average molecular weight is 290 g/mol. The van der Waals surface area contributed by atoms with Crippen molar-refractivity contribution in [2.24, 2.45) is 5.84 Å². The molecule has 0 saturated carbocycles. The molecule has 5 nitrogen and oxygen atoms in total. The number of nitrogens with one attached hydrogen (secondary N) is 1. The SMILES string of the molecule is NNc1nnc(COc2ccccc2C(F)(F)F)s1. The quantitative estimate of drug-likeness (QED) is 0.668. The van der Waals surface area contributed by atoms with Crippen molar-refractivity contribution in [2.75, 3.05) is 5.43 Å². The highest BCUT2D eigenvalue weighted by Crippen LogP contribution is 2.36. The molecule has 2 aromatic rings. The molecule has 0 unspecified atom stereocenters. The zero-order chi connectivity index (χ0) is 13.9. The minimum atomic E-state index is -4.46. The molecule has 1 heterocycles. The maximum absolute atomic E-state index is 12.7. The first-order chi connectivity index (χ1) is 9.00. The van der Waals surface area contributed by atoms with Crippen LogP contribution in [0.5, 0.6) is 5.75 Å². The average Bonchev–Trinajstić information content (AvgIpc) is 2.83. The number of benzene rings is 1. The first kappa shape index (κ1) is 13.6. The summed E-state index contributed by atoms with van der Waals surface area (Å²) in [5.74, 6) is 4.88. The molecule has 1 aromatic carbocycles. The van der Waals surface area contributed by atoms with Crippen molar-refractivity contribution in [3.05, 3.63) is 34.8 Å². The van der Waals surface area contributed by atoms with Gasteiger partial charge in [-0.05, 0) is 12.1 Å². The number of hydrazine groups is 1. The van der Waals surface area contributed by atoms with Gasteiger partial charge in [0.15, 0.2) is 5.01 Å². The molecule has 102 valence electrons. The number of halogens is 3.